The molecule has 1 fully saturated rings. The summed E-state index contributed by atoms with van der Waals surface area (Å²) in [4.78, 5) is 25.3. The Hall–Kier alpha value is -2.20. The maximum Gasteiger partial charge on any atom is 0.345 e. The zero-order valence-corrected chi connectivity index (χ0v) is 16.9. The van der Waals surface area contributed by atoms with Gasteiger partial charge in [-0.25, -0.2) is 4.79 Å². The summed E-state index contributed by atoms with van der Waals surface area (Å²) in [5.41, 5.74) is 0. The fourth-order valence-electron chi connectivity index (χ4n) is 3.14. The summed E-state index contributed by atoms with van der Waals surface area (Å²) in [5.74, 6) is 0.751. The van der Waals surface area contributed by atoms with Crippen molar-refractivity contribution in [3.63, 3.8) is 0 Å². The molecule has 1 saturated heterocycles. The van der Waals surface area contributed by atoms with Gasteiger partial charge in [0.15, 0.2) is 0 Å². The van der Waals surface area contributed by atoms with E-state index in [4.69, 9.17) is 5.11 Å². The maximum atomic E-state index is 13.9. The number of aromatic carboxylic acids is 1. The second-order valence-electron chi connectivity index (χ2n) is 7.05. The van der Waals surface area contributed by atoms with Crippen LogP contribution in [0.5, 0.6) is 0 Å². The van der Waals surface area contributed by atoms with Gasteiger partial charge in [0.25, 0.3) is 5.91 Å². The molecule has 1 aromatic heterocycles. The topological polar surface area (TPSA) is 57.6 Å². The molecular weight excluding hydrogens is 384 g/mol. The van der Waals surface area contributed by atoms with Crippen molar-refractivity contribution in [2.24, 2.45) is 5.92 Å². The zero-order valence-electron chi connectivity index (χ0n) is 16.1. The van der Waals surface area contributed by atoms with Crippen molar-refractivity contribution in [1.82, 2.24) is 4.90 Å². The molecule has 2 unspecified atom stereocenters. The third-order valence-corrected chi connectivity index (χ3v) is 5.79. The Morgan fingerprint density at radius 2 is 2.25 bits per heavy atom. The average molecular weight is 409 g/mol. The molecule has 152 valence electrons. The molecule has 28 heavy (non-hydrogen) atoms. The van der Waals surface area contributed by atoms with Crippen LogP contribution >= 0.6 is 11.3 Å². The second kappa shape index (κ2) is 9.83. The van der Waals surface area contributed by atoms with E-state index in [1.165, 1.54) is 22.3 Å². The van der Waals surface area contributed by atoms with Crippen LogP contribution in [0.15, 0.2) is 24.3 Å². The van der Waals surface area contributed by atoms with Crippen LogP contribution in [0.4, 0.5) is 8.78 Å². The lowest BCUT2D eigenvalue weighted by Gasteiger charge is -2.21. The van der Waals surface area contributed by atoms with Crippen LogP contribution in [0, 0.1) is 17.8 Å². The smallest absolute Gasteiger partial charge is 0.345 e. The Morgan fingerprint density at radius 1 is 1.50 bits per heavy atom. The molecule has 2 heterocycles. The number of carbonyl (C=O) groups excluding carboxylic acids is 1. The fraction of sp³-hybridized carbons (Fsp3) is 0.524. The van der Waals surface area contributed by atoms with E-state index in [1.54, 1.807) is 19.1 Å². The molecule has 1 aliphatic rings. The lowest BCUT2D eigenvalue weighted by molar-refractivity contribution is -0.148. The van der Waals surface area contributed by atoms with Gasteiger partial charge in [0.1, 0.15) is 4.88 Å². The minimum Gasteiger partial charge on any atom is -0.477 e. The molecule has 1 aromatic rings. The second-order valence-corrected chi connectivity index (χ2v) is 8.22. The monoisotopic (exact) mass is 409 g/mol. The number of hydrogen-bond donors (Lipinski definition) is 1. The highest BCUT2D eigenvalue weighted by atomic mass is 32.1. The molecule has 1 amide bonds. The van der Waals surface area contributed by atoms with Crippen LogP contribution in [0.25, 0.3) is 0 Å². The maximum absolute atomic E-state index is 13.9. The number of halogens is 2. The van der Waals surface area contributed by atoms with Gasteiger partial charge in [-0.05, 0) is 44.2 Å². The number of amides is 1. The largest absolute Gasteiger partial charge is 0.477 e. The van der Waals surface area contributed by atoms with Gasteiger partial charge in [0, 0.05) is 24.3 Å². The number of thiophene rings is 1. The van der Waals surface area contributed by atoms with Gasteiger partial charge in [-0.3, -0.25) is 4.79 Å². The van der Waals surface area contributed by atoms with E-state index in [2.05, 4.69) is 11.8 Å². The first-order valence-electron chi connectivity index (χ1n) is 9.31. The van der Waals surface area contributed by atoms with E-state index in [0.29, 0.717) is 18.8 Å². The minimum atomic E-state index is -3.33. The Morgan fingerprint density at radius 3 is 2.89 bits per heavy atom. The Labute approximate surface area is 168 Å². The first-order chi connectivity index (χ1) is 13.2. The van der Waals surface area contributed by atoms with E-state index in [9.17, 15) is 18.4 Å². The number of allylic oxidation sites excluding steroid dienone is 1. The number of hydrogen-bond acceptors (Lipinski definition) is 3. The molecule has 0 aromatic carbocycles. The number of rotatable bonds is 9. The molecule has 1 N–H and O–H groups in total. The molecule has 2 atom stereocenters. The molecule has 2 rings (SSSR count). The summed E-state index contributed by atoms with van der Waals surface area (Å²) < 4.78 is 27.9. The SMILES string of the molecule is CC#CCC(C)C/C=C/C1CC(F)(F)C(=O)N1CCCc1ccc(C(=O)O)s1. The summed E-state index contributed by atoms with van der Waals surface area (Å²) in [5, 5.41) is 8.95. The summed E-state index contributed by atoms with van der Waals surface area (Å²) in [6, 6.07) is 2.66. The van der Waals surface area contributed by atoms with Gasteiger partial charge in [-0.15, -0.1) is 23.2 Å². The molecule has 0 bridgehead atoms. The van der Waals surface area contributed by atoms with Crippen LogP contribution in [0.3, 0.4) is 0 Å². The third-order valence-electron chi connectivity index (χ3n) is 4.66. The van der Waals surface area contributed by atoms with E-state index in [1.807, 2.05) is 13.0 Å². The van der Waals surface area contributed by atoms with Crippen LogP contribution in [-0.4, -0.2) is 40.4 Å². The number of carboxylic acids is 1. The van der Waals surface area contributed by atoms with Crippen LogP contribution in [0.2, 0.25) is 0 Å². The van der Waals surface area contributed by atoms with Crippen molar-refractivity contribution in [3.8, 4) is 11.8 Å². The standard InChI is InChI=1S/C21H25F2NO3S/c1-3-4-7-15(2)8-5-9-16-14-21(22,23)20(27)24(16)13-6-10-17-11-12-18(28-17)19(25)26/h5,9,11-12,15-16H,6-8,10,13-14H2,1-2H3,(H,25,26)/b9-5+. The van der Waals surface area contributed by atoms with Crippen molar-refractivity contribution >= 4 is 23.2 Å². The first kappa shape index (κ1) is 22.1. The molecular formula is C21H25F2NO3S. The van der Waals surface area contributed by atoms with E-state index in [0.717, 1.165) is 17.7 Å². The highest BCUT2D eigenvalue weighted by Crippen LogP contribution is 2.34. The lowest BCUT2D eigenvalue weighted by atomic mass is 10.0. The minimum absolute atomic E-state index is 0.223. The van der Waals surface area contributed by atoms with E-state index in [-0.39, 0.29) is 11.4 Å². The van der Waals surface area contributed by atoms with Crippen molar-refractivity contribution in [2.75, 3.05) is 6.54 Å². The van der Waals surface area contributed by atoms with E-state index >= 15 is 0 Å². The van der Waals surface area contributed by atoms with Crippen molar-refractivity contribution in [2.45, 2.75) is 57.9 Å². The predicted molar refractivity (Wildman–Crippen MR) is 106 cm³/mol. The van der Waals surface area contributed by atoms with Crippen molar-refractivity contribution < 1.29 is 23.5 Å². The van der Waals surface area contributed by atoms with Gasteiger partial charge in [-0.1, -0.05) is 19.1 Å². The summed E-state index contributed by atoms with van der Waals surface area (Å²) in [7, 11) is 0. The van der Waals surface area contributed by atoms with Gasteiger partial charge in [0.2, 0.25) is 0 Å². The van der Waals surface area contributed by atoms with Crippen LogP contribution in [-0.2, 0) is 11.2 Å². The molecule has 1 aliphatic heterocycles. The van der Waals surface area contributed by atoms with Gasteiger partial charge < -0.3 is 10.0 Å². The number of nitrogens with zero attached hydrogens (tertiary/aromatic N) is 1. The van der Waals surface area contributed by atoms with Crippen molar-refractivity contribution in [3.05, 3.63) is 34.0 Å². The predicted octanol–water partition coefficient (Wildman–Crippen LogP) is 4.61. The number of aryl methyl sites for hydroxylation is 1. The lowest BCUT2D eigenvalue weighted by Crippen LogP contribution is -2.36. The van der Waals surface area contributed by atoms with E-state index < -0.39 is 30.3 Å². The Bertz CT molecular complexity index is 791. The molecule has 0 saturated carbocycles. The third kappa shape index (κ3) is 5.90. The quantitative estimate of drug-likeness (QED) is 0.479. The molecule has 7 heteroatoms. The summed E-state index contributed by atoms with van der Waals surface area (Å²) in [6.07, 6.45) is 5.63. The average Bonchev–Trinajstić information content (AvgIpc) is 3.18. The summed E-state index contributed by atoms with van der Waals surface area (Å²) in [6.45, 7) is 4.05. The molecule has 4 nitrogen and oxygen atoms in total. The Balaban J connectivity index is 1.93. The number of carbonyl (C=O) groups is 2. The number of carboxylic acid groups (broad SMARTS) is 1. The normalized spacial score (nSPS) is 19.6. The first-order valence-corrected chi connectivity index (χ1v) is 10.1. The van der Waals surface area contributed by atoms with Crippen LogP contribution < -0.4 is 0 Å². The Kier molecular flexibility index (Phi) is 7.76. The molecule has 0 aliphatic carbocycles. The highest BCUT2D eigenvalue weighted by molar-refractivity contribution is 7.13. The van der Waals surface area contributed by atoms with Crippen molar-refractivity contribution in [1.29, 1.82) is 0 Å². The van der Waals surface area contributed by atoms with Gasteiger partial charge in [0.05, 0.1) is 6.04 Å². The highest BCUT2D eigenvalue weighted by Gasteiger charge is 2.52. The van der Waals surface area contributed by atoms with Gasteiger partial charge >= 0.3 is 11.9 Å². The molecule has 0 radical (unpaired) electrons. The fourth-order valence-corrected chi connectivity index (χ4v) is 4.03. The molecule has 0 spiro atoms. The number of alkyl halides is 2. The van der Waals surface area contributed by atoms with Crippen LogP contribution in [0.1, 0.15) is 54.1 Å². The van der Waals surface area contributed by atoms with Gasteiger partial charge in [-0.2, -0.15) is 8.78 Å². The summed E-state index contributed by atoms with van der Waals surface area (Å²) >= 11 is 1.17. The number of likely N-dealkylation sites (tertiary alicyclic amines) is 1. The zero-order chi connectivity index (χ0) is 20.7.